The van der Waals surface area contributed by atoms with E-state index in [1.807, 2.05) is 12.1 Å². The minimum atomic E-state index is -0.623. The van der Waals surface area contributed by atoms with Crippen LogP contribution < -0.4 is 24.8 Å². The molecule has 3 aromatic heterocycles. The fraction of sp³-hybridized carbons (Fsp3) is 0.465. The zero-order valence-corrected chi connectivity index (χ0v) is 32.7. The molecule has 1 aliphatic heterocycles. The molecule has 0 radical (unpaired) electrons. The lowest BCUT2D eigenvalue weighted by Gasteiger charge is -2.10. The van der Waals surface area contributed by atoms with Gasteiger partial charge in [-0.25, -0.2) is 14.6 Å². The number of cyclic esters (lactones) is 2. The van der Waals surface area contributed by atoms with Crippen LogP contribution in [0.5, 0.6) is 17.2 Å². The smallest absolute Gasteiger partial charge is 0.412 e. The van der Waals surface area contributed by atoms with Crippen LogP contribution in [0.1, 0.15) is 96.8 Å². The van der Waals surface area contributed by atoms with E-state index >= 15 is 0 Å². The number of nitrogens with zero attached hydrogens (tertiary/aromatic N) is 3. The summed E-state index contributed by atoms with van der Waals surface area (Å²) in [7, 11) is 0. The first-order valence-corrected chi connectivity index (χ1v) is 20.3. The number of oxazole rings is 2. The number of anilines is 2. The van der Waals surface area contributed by atoms with Gasteiger partial charge in [0.05, 0.1) is 33.0 Å². The second-order valence-electron chi connectivity index (χ2n) is 14.0. The first-order valence-electron chi connectivity index (χ1n) is 20.3. The second kappa shape index (κ2) is 22.1. The zero-order chi connectivity index (χ0) is 39.5. The molecule has 57 heavy (non-hydrogen) atoms. The maximum atomic E-state index is 12.5. The van der Waals surface area contributed by atoms with Crippen LogP contribution in [0, 0.1) is 0 Å². The van der Waals surface area contributed by atoms with Crippen molar-refractivity contribution in [1.29, 1.82) is 0 Å². The minimum Gasteiger partial charge on any atom is -0.494 e. The number of rotatable bonds is 4. The third-order valence-corrected chi connectivity index (χ3v) is 9.34. The molecular weight excluding hydrogens is 730 g/mol. The maximum Gasteiger partial charge on any atom is 0.412 e. The van der Waals surface area contributed by atoms with Crippen LogP contribution in [0.2, 0.25) is 0 Å². The summed E-state index contributed by atoms with van der Waals surface area (Å²) >= 11 is 0. The average molecular weight is 784 g/mol. The van der Waals surface area contributed by atoms with Crippen molar-refractivity contribution >= 4 is 34.6 Å². The number of fused-ring (bicyclic) bond motifs is 10. The fourth-order valence-electron chi connectivity index (χ4n) is 6.24. The van der Waals surface area contributed by atoms with Gasteiger partial charge in [0.1, 0.15) is 41.2 Å². The van der Waals surface area contributed by atoms with E-state index < -0.39 is 12.2 Å². The standard InChI is InChI=1S/C43H53N5O9/c1-2-3-20-53-35-27-36-40-45-38(29-56-40)47-42(49)54-23-14-10-6-4-8-12-21-51-33-18-16-31-17-19-34(26-32(31)25-33)52-22-13-9-5-7-11-15-24-55-43(50)48-39-30-57-41(46-39)37(28-35)44-36/h16-19,25-30H,2-15,20-24H2,1H3,(H,47,49)(H,48,50). The van der Waals surface area contributed by atoms with E-state index in [-0.39, 0.29) is 23.4 Å². The highest BCUT2D eigenvalue weighted by molar-refractivity contribution is 5.85. The molecule has 1 aliphatic rings. The van der Waals surface area contributed by atoms with E-state index in [9.17, 15) is 9.59 Å². The third kappa shape index (κ3) is 13.4. The number of hydrogen-bond acceptors (Lipinski definition) is 12. The SMILES string of the molecule is CCCCOc1cc2nc(c1)-c1nc(co1)NC(=O)OCCCCCCCCOc1ccc3ccc(cc3c1)OCCCCCCCCOC(=O)Nc1coc-2n1. The van der Waals surface area contributed by atoms with Crippen molar-refractivity contribution in [2.75, 3.05) is 43.7 Å². The zero-order valence-electron chi connectivity index (χ0n) is 32.7. The predicted octanol–water partition coefficient (Wildman–Crippen LogP) is 11.0. The van der Waals surface area contributed by atoms with Crippen LogP contribution in [-0.2, 0) is 9.47 Å². The number of pyridine rings is 1. The van der Waals surface area contributed by atoms with Crippen molar-refractivity contribution in [2.45, 2.75) is 96.8 Å². The molecule has 0 saturated carbocycles. The van der Waals surface area contributed by atoms with Crippen LogP contribution in [0.25, 0.3) is 33.9 Å². The number of carbonyl (C=O) groups excluding carboxylic acids is 2. The van der Waals surface area contributed by atoms with Gasteiger partial charge in [0.2, 0.25) is 11.8 Å². The van der Waals surface area contributed by atoms with E-state index in [1.165, 1.54) is 12.5 Å². The molecule has 2 amide bonds. The summed E-state index contributed by atoms with van der Waals surface area (Å²) in [4.78, 5) is 38.4. The topological polar surface area (TPSA) is 169 Å². The van der Waals surface area contributed by atoms with Crippen LogP contribution in [0.15, 0.2) is 69.9 Å². The molecule has 5 aromatic rings. The molecule has 0 spiro atoms. The molecule has 304 valence electrons. The second-order valence-corrected chi connectivity index (χ2v) is 14.0. The number of unbranched alkanes of at least 4 members (excludes halogenated alkanes) is 1. The Morgan fingerprint density at radius 2 is 1.02 bits per heavy atom. The molecular formula is C43H53N5O9. The molecule has 2 aromatic carbocycles. The summed E-state index contributed by atoms with van der Waals surface area (Å²) in [5.41, 5.74) is 0.663. The summed E-state index contributed by atoms with van der Waals surface area (Å²) in [6.45, 7) is 4.47. The van der Waals surface area contributed by atoms with Gasteiger partial charge >= 0.3 is 12.2 Å². The van der Waals surface area contributed by atoms with Gasteiger partial charge in [-0.1, -0.05) is 76.8 Å². The predicted molar refractivity (Wildman–Crippen MR) is 216 cm³/mol. The van der Waals surface area contributed by atoms with E-state index in [0.29, 0.717) is 50.2 Å². The number of ether oxygens (including phenoxy) is 5. The van der Waals surface area contributed by atoms with Crippen LogP contribution in [-0.4, -0.2) is 60.2 Å². The van der Waals surface area contributed by atoms with Crippen molar-refractivity contribution in [3.63, 3.8) is 0 Å². The molecule has 2 N–H and O–H groups in total. The molecule has 14 heteroatoms. The van der Waals surface area contributed by atoms with E-state index in [2.05, 4.69) is 56.8 Å². The van der Waals surface area contributed by atoms with Gasteiger partial charge in [-0.15, -0.1) is 0 Å². The Balaban J connectivity index is 1.05. The highest BCUT2D eigenvalue weighted by atomic mass is 16.6. The lowest BCUT2D eigenvalue weighted by molar-refractivity contribution is 0.158. The van der Waals surface area contributed by atoms with Gasteiger partial charge in [-0.2, -0.15) is 9.97 Å². The van der Waals surface area contributed by atoms with Crippen molar-refractivity contribution in [3.8, 4) is 40.4 Å². The van der Waals surface area contributed by atoms with Crippen molar-refractivity contribution < 1.29 is 42.1 Å². The fourth-order valence-corrected chi connectivity index (χ4v) is 6.24. The number of nitrogens with one attached hydrogen (secondary N) is 2. The highest BCUT2D eigenvalue weighted by Crippen LogP contribution is 2.30. The Morgan fingerprint density at radius 1 is 0.561 bits per heavy atom. The van der Waals surface area contributed by atoms with E-state index in [1.54, 1.807) is 12.1 Å². The Labute approximate surface area is 333 Å². The largest absolute Gasteiger partial charge is 0.494 e. The number of benzene rings is 2. The van der Waals surface area contributed by atoms with Gasteiger partial charge in [0, 0.05) is 12.1 Å². The monoisotopic (exact) mass is 783 g/mol. The molecule has 0 aliphatic carbocycles. The summed E-state index contributed by atoms with van der Waals surface area (Å²) in [5, 5.41) is 7.46. The van der Waals surface area contributed by atoms with Gasteiger partial charge < -0.3 is 32.5 Å². The Kier molecular flexibility index (Phi) is 15.8. The van der Waals surface area contributed by atoms with Crippen LogP contribution in [0.4, 0.5) is 21.2 Å². The molecule has 4 heterocycles. The number of carbonyl (C=O) groups is 2. The van der Waals surface area contributed by atoms with Crippen LogP contribution >= 0.6 is 0 Å². The Hall–Kier alpha value is -5.79. The molecule has 0 atom stereocenters. The highest BCUT2D eigenvalue weighted by Gasteiger charge is 2.18. The lowest BCUT2D eigenvalue weighted by atomic mass is 10.1. The number of aromatic nitrogens is 3. The minimum absolute atomic E-state index is 0.144. The van der Waals surface area contributed by atoms with Crippen molar-refractivity contribution in [2.24, 2.45) is 0 Å². The van der Waals surface area contributed by atoms with Crippen molar-refractivity contribution in [3.05, 3.63) is 61.1 Å². The van der Waals surface area contributed by atoms with Gasteiger partial charge in [0.25, 0.3) is 0 Å². The molecule has 9 bridgehead atoms. The maximum absolute atomic E-state index is 12.5. The first kappa shape index (κ1) is 40.9. The first-order chi connectivity index (χ1) is 28.0. The Bertz CT molecular complexity index is 1880. The van der Waals surface area contributed by atoms with Crippen molar-refractivity contribution in [1.82, 2.24) is 15.0 Å². The average Bonchev–Trinajstić information content (AvgIpc) is 3.89. The Morgan fingerprint density at radius 3 is 1.49 bits per heavy atom. The van der Waals surface area contributed by atoms with Gasteiger partial charge in [-0.3, -0.25) is 10.6 Å². The third-order valence-electron chi connectivity index (χ3n) is 9.34. The number of amides is 2. The molecule has 0 unspecified atom stereocenters. The quantitative estimate of drug-likeness (QED) is 0.166. The summed E-state index contributed by atoms with van der Waals surface area (Å²) in [6.07, 6.45) is 14.9. The summed E-state index contributed by atoms with van der Waals surface area (Å²) < 4.78 is 40.2. The molecule has 14 nitrogen and oxygen atoms in total. The normalized spacial score (nSPS) is 16.2. The van der Waals surface area contributed by atoms with E-state index in [4.69, 9.17) is 32.5 Å². The number of hydrogen-bond donors (Lipinski definition) is 2. The molecule has 0 saturated heterocycles. The lowest BCUT2D eigenvalue weighted by Crippen LogP contribution is -2.14. The van der Waals surface area contributed by atoms with Crippen LogP contribution in [0.3, 0.4) is 0 Å². The van der Waals surface area contributed by atoms with Gasteiger partial charge in [0.15, 0.2) is 11.6 Å². The van der Waals surface area contributed by atoms with E-state index in [0.717, 1.165) is 112 Å². The summed E-state index contributed by atoms with van der Waals surface area (Å²) in [6, 6.07) is 15.7. The van der Waals surface area contributed by atoms with Gasteiger partial charge in [-0.05, 0) is 67.1 Å². The summed E-state index contributed by atoms with van der Waals surface area (Å²) in [5.74, 6) is 2.86. The molecule has 0 fully saturated rings. The molecule has 6 rings (SSSR count).